The van der Waals surface area contributed by atoms with E-state index in [1.165, 1.54) is 6.26 Å². The van der Waals surface area contributed by atoms with Crippen LogP contribution in [0.25, 0.3) is 11.0 Å². The molecule has 1 aromatic heterocycles. The molecule has 0 amide bonds. The molecule has 8 heteroatoms. The van der Waals surface area contributed by atoms with Crippen LogP contribution in [-0.4, -0.2) is 48.6 Å². The van der Waals surface area contributed by atoms with Crippen LogP contribution in [0.5, 0.6) is 5.75 Å². The second kappa shape index (κ2) is 8.62. The molecule has 7 nitrogen and oxygen atoms in total. The number of aliphatic hydroxyl groups excluding tert-OH is 1. The molecule has 3 rings (SSSR count). The highest BCUT2D eigenvalue weighted by Crippen LogP contribution is 2.21. The van der Waals surface area contributed by atoms with Crippen molar-refractivity contribution in [3.8, 4) is 5.75 Å². The number of aliphatic hydroxyl groups is 1. The lowest BCUT2D eigenvalue weighted by Gasteiger charge is -2.12. The number of rotatable bonds is 9. The predicted octanol–water partition coefficient (Wildman–Crippen LogP) is 2.70. The highest BCUT2D eigenvalue weighted by atomic mass is 32.2. The second-order valence-electron chi connectivity index (χ2n) is 6.75. The second-order valence-corrected chi connectivity index (χ2v) is 8.77. The van der Waals surface area contributed by atoms with E-state index < -0.39 is 15.9 Å². The number of imidazole rings is 1. The van der Waals surface area contributed by atoms with Crippen molar-refractivity contribution >= 4 is 26.8 Å². The quantitative estimate of drug-likeness (QED) is 0.534. The molecule has 0 aliphatic heterocycles. The van der Waals surface area contributed by atoms with Gasteiger partial charge in [0.2, 0.25) is 5.95 Å². The zero-order valence-corrected chi connectivity index (χ0v) is 16.8. The summed E-state index contributed by atoms with van der Waals surface area (Å²) in [6, 6.07) is 14.3. The Morgan fingerprint density at radius 3 is 2.57 bits per heavy atom. The molecule has 150 valence electrons. The maximum Gasteiger partial charge on any atom is 0.203 e. The van der Waals surface area contributed by atoms with E-state index in [-0.39, 0.29) is 4.90 Å². The first-order valence-electron chi connectivity index (χ1n) is 9.15. The molecule has 2 aromatic carbocycles. The van der Waals surface area contributed by atoms with Crippen molar-refractivity contribution in [2.75, 3.05) is 24.7 Å². The molecule has 1 heterocycles. The van der Waals surface area contributed by atoms with Gasteiger partial charge in [-0.05, 0) is 49.7 Å². The molecule has 3 aromatic rings. The van der Waals surface area contributed by atoms with E-state index in [1.54, 1.807) is 31.2 Å². The number of para-hydroxylation sites is 2. The van der Waals surface area contributed by atoms with Crippen molar-refractivity contribution in [3.63, 3.8) is 0 Å². The predicted molar refractivity (Wildman–Crippen MR) is 110 cm³/mol. The van der Waals surface area contributed by atoms with Crippen molar-refractivity contribution in [3.05, 3.63) is 48.5 Å². The van der Waals surface area contributed by atoms with E-state index in [0.717, 1.165) is 23.4 Å². The summed E-state index contributed by atoms with van der Waals surface area (Å²) in [6.07, 6.45) is 1.46. The van der Waals surface area contributed by atoms with Crippen LogP contribution < -0.4 is 10.1 Å². The van der Waals surface area contributed by atoms with Gasteiger partial charge in [-0.1, -0.05) is 12.1 Å². The fourth-order valence-electron chi connectivity index (χ4n) is 2.87. The van der Waals surface area contributed by atoms with E-state index in [4.69, 9.17) is 4.74 Å². The van der Waals surface area contributed by atoms with Gasteiger partial charge in [-0.25, -0.2) is 13.4 Å². The number of fused-ring (bicyclic) bond motifs is 1. The first-order valence-corrected chi connectivity index (χ1v) is 11.0. The monoisotopic (exact) mass is 403 g/mol. The van der Waals surface area contributed by atoms with Crippen molar-refractivity contribution in [2.45, 2.75) is 30.9 Å². The molecule has 1 unspecified atom stereocenters. The first-order chi connectivity index (χ1) is 13.3. The van der Waals surface area contributed by atoms with Crippen LogP contribution in [0, 0.1) is 0 Å². The minimum absolute atomic E-state index is 0.276. The number of nitrogens with one attached hydrogen (secondary N) is 1. The zero-order valence-electron chi connectivity index (χ0n) is 16.0. The molecule has 28 heavy (non-hydrogen) atoms. The number of aromatic nitrogens is 2. The molecular weight excluding hydrogens is 378 g/mol. The Labute approximate surface area is 164 Å². The third-order valence-corrected chi connectivity index (χ3v) is 5.39. The summed E-state index contributed by atoms with van der Waals surface area (Å²) in [4.78, 5) is 4.87. The number of nitrogens with zero attached hydrogens (tertiary/aromatic N) is 2. The number of hydrogen-bond acceptors (Lipinski definition) is 6. The molecule has 0 saturated heterocycles. The Hall–Kier alpha value is -2.58. The molecule has 1 atom stereocenters. The Kier molecular flexibility index (Phi) is 6.21. The first kappa shape index (κ1) is 20.2. The number of aryl methyl sites for hydroxylation is 1. The number of benzene rings is 2. The SMILES string of the molecule is CC(O)CNc1nc2ccccc2n1CCCOc1ccc(S(C)(=O)=O)cc1. The summed E-state index contributed by atoms with van der Waals surface area (Å²) in [5.41, 5.74) is 1.92. The fraction of sp³-hybridized carbons (Fsp3) is 0.350. The minimum Gasteiger partial charge on any atom is -0.494 e. The Morgan fingerprint density at radius 1 is 1.18 bits per heavy atom. The third-order valence-electron chi connectivity index (χ3n) is 4.26. The van der Waals surface area contributed by atoms with Gasteiger partial charge in [0.05, 0.1) is 28.6 Å². The van der Waals surface area contributed by atoms with Crippen LogP contribution in [0.3, 0.4) is 0 Å². The van der Waals surface area contributed by atoms with Gasteiger partial charge in [-0.2, -0.15) is 0 Å². The summed E-state index contributed by atoms with van der Waals surface area (Å²) in [5.74, 6) is 1.36. The molecule has 0 aliphatic carbocycles. The van der Waals surface area contributed by atoms with Crippen molar-refractivity contribution in [1.29, 1.82) is 0 Å². The van der Waals surface area contributed by atoms with Crippen molar-refractivity contribution in [1.82, 2.24) is 9.55 Å². The van der Waals surface area contributed by atoms with E-state index >= 15 is 0 Å². The Morgan fingerprint density at radius 2 is 1.89 bits per heavy atom. The van der Waals surface area contributed by atoms with E-state index in [9.17, 15) is 13.5 Å². The number of hydrogen-bond donors (Lipinski definition) is 2. The highest BCUT2D eigenvalue weighted by Gasteiger charge is 2.11. The van der Waals surface area contributed by atoms with Gasteiger partial charge in [0.25, 0.3) is 0 Å². The molecule has 2 N–H and O–H groups in total. The molecule has 0 bridgehead atoms. The summed E-state index contributed by atoms with van der Waals surface area (Å²) >= 11 is 0. The van der Waals surface area contributed by atoms with Gasteiger partial charge >= 0.3 is 0 Å². The van der Waals surface area contributed by atoms with Crippen LogP contribution >= 0.6 is 0 Å². The molecular formula is C20H25N3O4S. The number of ether oxygens (including phenoxy) is 1. The summed E-state index contributed by atoms with van der Waals surface area (Å²) in [5, 5.41) is 12.7. The summed E-state index contributed by atoms with van der Waals surface area (Å²) in [7, 11) is -3.20. The fourth-order valence-corrected chi connectivity index (χ4v) is 3.50. The highest BCUT2D eigenvalue weighted by molar-refractivity contribution is 7.90. The summed E-state index contributed by atoms with van der Waals surface area (Å²) in [6.45, 7) is 3.33. The summed E-state index contributed by atoms with van der Waals surface area (Å²) < 4.78 is 30.8. The smallest absolute Gasteiger partial charge is 0.203 e. The van der Waals surface area contributed by atoms with Gasteiger partial charge < -0.3 is 19.7 Å². The lowest BCUT2D eigenvalue weighted by Crippen LogP contribution is -2.18. The number of sulfone groups is 1. The standard InChI is InChI=1S/C20H25N3O4S/c1-15(24)14-21-20-22-18-6-3-4-7-19(18)23(20)12-5-13-27-16-8-10-17(11-9-16)28(2,25)26/h3-4,6-11,15,24H,5,12-14H2,1-2H3,(H,21,22). The van der Waals surface area contributed by atoms with E-state index in [0.29, 0.717) is 25.4 Å². The van der Waals surface area contributed by atoms with Crippen LogP contribution in [-0.2, 0) is 16.4 Å². The lowest BCUT2D eigenvalue weighted by atomic mass is 10.3. The van der Waals surface area contributed by atoms with Crippen LogP contribution in [0.1, 0.15) is 13.3 Å². The van der Waals surface area contributed by atoms with Gasteiger partial charge in [-0.15, -0.1) is 0 Å². The topological polar surface area (TPSA) is 93.4 Å². The minimum atomic E-state index is -3.20. The van der Waals surface area contributed by atoms with Gasteiger partial charge in [-0.3, -0.25) is 0 Å². The Bertz CT molecular complexity index is 1030. The Balaban J connectivity index is 1.62. The number of anilines is 1. The van der Waals surface area contributed by atoms with Gasteiger partial charge in [0.1, 0.15) is 5.75 Å². The van der Waals surface area contributed by atoms with Crippen molar-refractivity contribution in [2.24, 2.45) is 0 Å². The molecule has 0 saturated carbocycles. The molecule has 0 spiro atoms. The maximum absolute atomic E-state index is 11.5. The van der Waals surface area contributed by atoms with Gasteiger partial charge in [0.15, 0.2) is 9.84 Å². The zero-order chi connectivity index (χ0) is 20.1. The van der Waals surface area contributed by atoms with Gasteiger partial charge in [0, 0.05) is 19.3 Å². The largest absolute Gasteiger partial charge is 0.494 e. The maximum atomic E-state index is 11.5. The van der Waals surface area contributed by atoms with E-state index in [2.05, 4.69) is 14.9 Å². The third kappa shape index (κ3) is 5.02. The molecule has 0 aliphatic rings. The molecule has 0 radical (unpaired) electrons. The van der Waals surface area contributed by atoms with Crippen LogP contribution in [0.15, 0.2) is 53.4 Å². The normalized spacial score (nSPS) is 12.8. The average molecular weight is 404 g/mol. The molecule has 0 fully saturated rings. The van der Waals surface area contributed by atoms with Crippen LogP contribution in [0.4, 0.5) is 5.95 Å². The van der Waals surface area contributed by atoms with Crippen LogP contribution in [0.2, 0.25) is 0 Å². The lowest BCUT2D eigenvalue weighted by molar-refractivity contribution is 0.208. The average Bonchev–Trinajstić information content (AvgIpc) is 3.01. The van der Waals surface area contributed by atoms with Crippen molar-refractivity contribution < 1.29 is 18.3 Å². The van der Waals surface area contributed by atoms with E-state index in [1.807, 2.05) is 24.3 Å².